The minimum atomic E-state index is -0.306. The van der Waals surface area contributed by atoms with Crippen molar-refractivity contribution in [3.8, 4) is 22.6 Å². The molecule has 0 radical (unpaired) electrons. The molecule has 0 spiro atoms. The number of nitrogens with one attached hydrogen (secondary N) is 4. The summed E-state index contributed by atoms with van der Waals surface area (Å²) < 4.78 is 14.6. The number of nitrogens with zero attached hydrogens (tertiary/aromatic N) is 5. The van der Waals surface area contributed by atoms with Crippen molar-refractivity contribution < 1.29 is 4.39 Å². The van der Waals surface area contributed by atoms with Gasteiger partial charge in [0, 0.05) is 43.3 Å². The SMILES string of the molecule is CN(C)CCNc1cc(F)cc(-c2ccnc3nc(-c4[nH]nc5ncc(C6=CCNCC6)cc45)[nH]c23)c1. The predicted molar refractivity (Wildman–Crippen MR) is 145 cm³/mol. The van der Waals surface area contributed by atoms with Gasteiger partial charge in [0.05, 0.1) is 10.9 Å². The Labute approximate surface area is 213 Å². The van der Waals surface area contributed by atoms with E-state index in [1.54, 1.807) is 6.20 Å². The number of pyridine rings is 2. The molecule has 37 heavy (non-hydrogen) atoms. The highest BCUT2D eigenvalue weighted by Gasteiger charge is 2.18. The molecule has 0 saturated carbocycles. The largest absolute Gasteiger partial charge is 0.384 e. The molecule has 0 bridgehead atoms. The fourth-order valence-corrected chi connectivity index (χ4v) is 4.68. The van der Waals surface area contributed by atoms with Gasteiger partial charge in [0.2, 0.25) is 0 Å². The number of imidazole rings is 1. The van der Waals surface area contributed by atoms with Gasteiger partial charge in [-0.15, -0.1) is 0 Å². The van der Waals surface area contributed by atoms with Gasteiger partial charge in [0.15, 0.2) is 17.1 Å². The van der Waals surface area contributed by atoms with Gasteiger partial charge in [0.1, 0.15) is 11.5 Å². The molecule has 9 nitrogen and oxygen atoms in total. The topological polar surface area (TPSA) is 110 Å². The third-order valence-electron chi connectivity index (χ3n) is 6.57. The maximum atomic E-state index is 14.6. The monoisotopic (exact) mass is 497 g/mol. The van der Waals surface area contributed by atoms with Gasteiger partial charge >= 0.3 is 0 Å². The highest BCUT2D eigenvalue weighted by atomic mass is 19.1. The molecule has 10 heteroatoms. The fraction of sp³-hybridized carbons (Fsp3) is 0.259. The molecule has 4 aromatic heterocycles. The molecule has 4 N–H and O–H groups in total. The Morgan fingerprint density at radius 2 is 2.00 bits per heavy atom. The summed E-state index contributed by atoms with van der Waals surface area (Å²) in [4.78, 5) is 19.2. The van der Waals surface area contributed by atoms with Crippen LogP contribution in [0.4, 0.5) is 10.1 Å². The van der Waals surface area contributed by atoms with Crippen LogP contribution in [0.5, 0.6) is 0 Å². The summed E-state index contributed by atoms with van der Waals surface area (Å²) in [5, 5.41) is 15.0. The van der Waals surface area contributed by atoms with E-state index in [2.05, 4.69) is 52.8 Å². The van der Waals surface area contributed by atoms with Crippen molar-refractivity contribution in [3.05, 3.63) is 60.2 Å². The molecule has 6 rings (SSSR count). The average Bonchev–Trinajstić information content (AvgIpc) is 3.52. The van der Waals surface area contributed by atoms with E-state index in [1.165, 1.54) is 17.7 Å². The van der Waals surface area contributed by atoms with Crippen LogP contribution in [0.1, 0.15) is 12.0 Å². The second-order valence-electron chi connectivity index (χ2n) is 9.48. The summed E-state index contributed by atoms with van der Waals surface area (Å²) in [7, 11) is 4.01. The molecule has 0 amide bonds. The van der Waals surface area contributed by atoms with Gasteiger partial charge in [-0.25, -0.2) is 19.3 Å². The Morgan fingerprint density at radius 1 is 1.08 bits per heavy atom. The molecule has 0 fully saturated rings. The molecule has 1 aliphatic rings. The van der Waals surface area contributed by atoms with Crippen molar-refractivity contribution >= 4 is 33.5 Å². The number of hydrogen-bond donors (Lipinski definition) is 4. The van der Waals surface area contributed by atoms with Crippen LogP contribution in [0.25, 0.3) is 50.4 Å². The van der Waals surface area contributed by atoms with E-state index in [-0.39, 0.29) is 5.82 Å². The summed E-state index contributed by atoms with van der Waals surface area (Å²) in [6.07, 6.45) is 6.72. The van der Waals surface area contributed by atoms with Crippen molar-refractivity contribution in [1.82, 2.24) is 40.3 Å². The highest BCUT2D eigenvalue weighted by molar-refractivity contribution is 5.96. The highest BCUT2D eigenvalue weighted by Crippen LogP contribution is 2.33. The van der Waals surface area contributed by atoms with E-state index in [0.29, 0.717) is 23.7 Å². The molecule has 1 aromatic carbocycles. The van der Waals surface area contributed by atoms with Crippen molar-refractivity contribution in [1.29, 1.82) is 0 Å². The number of anilines is 1. The summed E-state index contributed by atoms with van der Waals surface area (Å²) in [5.41, 5.74) is 7.30. The number of fused-ring (bicyclic) bond motifs is 2. The lowest BCUT2D eigenvalue weighted by Crippen LogP contribution is -2.20. The molecule has 0 atom stereocenters. The van der Waals surface area contributed by atoms with Crippen molar-refractivity contribution in [2.75, 3.05) is 45.6 Å². The van der Waals surface area contributed by atoms with Crippen molar-refractivity contribution in [2.24, 2.45) is 0 Å². The van der Waals surface area contributed by atoms with Crippen LogP contribution in [-0.4, -0.2) is 75.3 Å². The first-order valence-corrected chi connectivity index (χ1v) is 12.3. The van der Waals surface area contributed by atoms with Crippen LogP contribution in [0.2, 0.25) is 0 Å². The van der Waals surface area contributed by atoms with Crippen molar-refractivity contribution in [3.63, 3.8) is 0 Å². The Morgan fingerprint density at radius 3 is 2.84 bits per heavy atom. The van der Waals surface area contributed by atoms with E-state index in [1.807, 2.05) is 32.4 Å². The number of halogens is 1. The first kappa shape index (κ1) is 23.3. The molecule has 5 aromatic rings. The normalized spacial score (nSPS) is 14.0. The van der Waals surface area contributed by atoms with Crippen LogP contribution in [0.15, 0.2) is 48.8 Å². The van der Waals surface area contributed by atoms with E-state index < -0.39 is 0 Å². The summed E-state index contributed by atoms with van der Waals surface area (Å²) in [5.74, 6) is 0.302. The molecule has 188 valence electrons. The molecule has 0 aliphatic carbocycles. The smallest absolute Gasteiger partial charge is 0.181 e. The van der Waals surface area contributed by atoms with E-state index in [9.17, 15) is 4.39 Å². The number of H-pyrrole nitrogens is 2. The van der Waals surface area contributed by atoms with E-state index in [4.69, 9.17) is 4.98 Å². The lowest BCUT2D eigenvalue weighted by atomic mass is 10.0. The first-order chi connectivity index (χ1) is 18.0. The minimum absolute atomic E-state index is 0.306. The molecular weight excluding hydrogens is 469 g/mol. The van der Waals surface area contributed by atoms with Gasteiger partial charge < -0.3 is 20.5 Å². The molecule has 0 saturated heterocycles. The average molecular weight is 498 g/mol. The number of rotatable bonds is 7. The number of likely N-dealkylation sites (N-methyl/N-ethyl adjacent to an activating group) is 1. The lowest BCUT2D eigenvalue weighted by Gasteiger charge is -2.13. The van der Waals surface area contributed by atoms with Gasteiger partial charge in [-0.1, -0.05) is 6.08 Å². The maximum Gasteiger partial charge on any atom is 0.181 e. The molecular formula is C27H28FN9. The number of hydrogen-bond acceptors (Lipinski definition) is 7. The molecule has 5 heterocycles. The molecule has 1 aliphatic heterocycles. The third kappa shape index (κ3) is 4.68. The molecule has 0 unspecified atom stereocenters. The minimum Gasteiger partial charge on any atom is -0.384 e. The zero-order valence-corrected chi connectivity index (χ0v) is 20.8. The Hall–Kier alpha value is -4.15. The van der Waals surface area contributed by atoms with Gasteiger partial charge in [0.25, 0.3) is 0 Å². The Balaban J connectivity index is 1.39. The second kappa shape index (κ2) is 9.72. The van der Waals surface area contributed by atoms with Crippen LogP contribution in [0, 0.1) is 5.82 Å². The van der Waals surface area contributed by atoms with Gasteiger partial charge in [-0.05, 0) is 74.1 Å². The van der Waals surface area contributed by atoms with Crippen molar-refractivity contribution in [2.45, 2.75) is 6.42 Å². The second-order valence-corrected chi connectivity index (χ2v) is 9.48. The first-order valence-electron chi connectivity index (χ1n) is 12.3. The number of aromatic nitrogens is 6. The van der Waals surface area contributed by atoms with Crippen LogP contribution >= 0.6 is 0 Å². The van der Waals surface area contributed by atoms with E-state index >= 15 is 0 Å². The van der Waals surface area contributed by atoms with Gasteiger partial charge in [-0.3, -0.25) is 5.10 Å². The zero-order valence-electron chi connectivity index (χ0n) is 20.8. The van der Waals surface area contributed by atoms with Crippen LogP contribution < -0.4 is 10.6 Å². The standard InChI is InChI=1S/C27H28FN9/c1-37(2)10-9-30-20-12-17(11-19(28)14-20)21-5-8-31-26-23(21)33-27(34-26)24-22-13-18(15-32-25(22)36-35-24)16-3-6-29-7-4-16/h3,5,8,11-15,29-30H,4,6-7,9-10H2,1-2H3,(H,31,33,34)(H,32,35,36). The number of benzene rings is 1. The van der Waals surface area contributed by atoms with Gasteiger partial charge in [-0.2, -0.15) is 5.10 Å². The summed E-state index contributed by atoms with van der Waals surface area (Å²) in [6.45, 7) is 3.37. The quantitative estimate of drug-likeness (QED) is 0.268. The predicted octanol–water partition coefficient (Wildman–Crippen LogP) is 4.05. The summed E-state index contributed by atoms with van der Waals surface area (Å²) >= 11 is 0. The summed E-state index contributed by atoms with van der Waals surface area (Å²) in [6, 6.07) is 8.97. The Kier molecular flexibility index (Phi) is 6.11. The Bertz CT molecular complexity index is 1620. The number of aromatic amines is 2. The zero-order chi connectivity index (χ0) is 25.4. The van der Waals surface area contributed by atoms with Crippen LogP contribution in [0.3, 0.4) is 0 Å². The lowest BCUT2D eigenvalue weighted by molar-refractivity contribution is 0.425. The van der Waals surface area contributed by atoms with Crippen LogP contribution in [-0.2, 0) is 0 Å². The van der Waals surface area contributed by atoms with E-state index in [0.717, 1.165) is 65.0 Å². The maximum absolute atomic E-state index is 14.6. The fourth-order valence-electron chi connectivity index (χ4n) is 4.68. The third-order valence-corrected chi connectivity index (χ3v) is 6.57.